The monoisotopic (exact) mass is 311 g/mol. The Kier molecular flexibility index (Phi) is 3.20. The number of nitrogens with two attached hydrogens (primary N) is 1. The molecule has 0 aliphatic carbocycles. The van der Waals surface area contributed by atoms with Crippen LogP contribution in [-0.2, 0) is 14.6 Å². The number of anilines is 3. The fraction of sp³-hybridized carbons (Fsp3) is 0.462. The number of hydrogen-bond acceptors (Lipinski definition) is 6. The zero-order valence-corrected chi connectivity index (χ0v) is 12.4. The number of benzene rings is 1. The van der Waals surface area contributed by atoms with Gasteiger partial charge in [-0.15, -0.1) is 0 Å². The standard InChI is InChI=1S/C13H17N3O4S/c1-8-7-21(18,19)3-2-16(8)11-5-10-12(4-9(11)14)20-6-13(17)15-10/h4-5,8H,2-3,6-7,14H2,1H3,(H,15,17). The second kappa shape index (κ2) is 4.80. The highest BCUT2D eigenvalue weighted by atomic mass is 32.2. The van der Waals surface area contributed by atoms with Gasteiger partial charge in [0.15, 0.2) is 16.4 Å². The molecule has 21 heavy (non-hydrogen) atoms. The number of nitrogens with zero attached hydrogens (tertiary/aromatic N) is 1. The molecule has 1 aromatic rings. The van der Waals surface area contributed by atoms with Gasteiger partial charge < -0.3 is 20.7 Å². The third kappa shape index (κ3) is 2.63. The van der Waals surface area contributed by atoms with Crippen molar-refractivity contribution in [1.82, 2.24) is 0 Å². The first-order chi connectivity index (χ1) is 9.85. The molecule has 114 valence electrons. The highest BCUT2D eigenvalue weighted by Crippen LogP contribution is 2.38. The zero-order valence-electron chi connectivity index (χ0n) is 11.6. The van der Waals surface area contributed by atoms with Gasteiger partial charge >= 0.3 is 0 Å². The van der Waals surface area contributed by atoms with Crippen molar-refractivity contribution in [3.05, 3.63) is 12.1 Å². The molecule has 0 aromatic heterocycles. The van der Waals surface area contributed by atoms with Crippen LogP contribution in [0, 0.1) is 0 Å². The van der Waals surface area contributed by atoms with E-state index in [4.69, 9.17) is 10.5 Å². The lowest BCUT2D eigenvalue weighted by Crippen LogP contribution is -2.47. The summed E-state index contributed by atoms with van der Waals surface area (Å²) in [5.41, 5.74) is 7.86. The van der Waals surface area contributed by atoms with Crippen molar-refractivity contribution in [2.45, 2.75) is 13.0 Å². The minimum Gasteiger partial charge on any atom is -0.482 e. The van der Waals surface area contributed by atoms with Crippen LogP contribution in [0.3, 0.4) is 0 Å². The number of ether oxygens (including phenoxy) is 1. The van der Waals surface area contributed by atoms with Crippen LogP contribution >= 0.6 is 0 Å². The Morgan fingerprint density at radius 2 is 2.19 bits per heavy atom. The first-order valence-corrected chi connectivity index (χ1v) is 8.51. The van der Waals surface area contributed by atoms with Crippen molar-refractivity contribution in [1.29, 1.82) is 0 Å². The van der Waals surface area contributed by atoms with Gasteiger partial charge in [-0.1, -0.05) is 0 Å². The van der Waals surface area contributed by atoms with Crippen LogP contribution in [0.25, 0.3) is 0 Å². The van der Waals surface area contributed by atoms with E-state index in [9.17, 15) is 13.2 Å². The first-order valence-electron chi connectivity index (χ1n) is 6.69. The third-order valence-corrected chi connectivity index (χ3v) is 5.54. The fourth-order valence-corrected chi connectivity index (χ4v) is 4.29. The van der Waals surface area contributed by atoms with Crippen LogP contribution in [-0.4, -0.2) is 45.0 Å². The lowest BCUT2D eigenvalue weighted by Gasteiger charge is -2.36. The van der Waals surface area contributed by atoms with E-state index in [1.807, 2.05) is 11.8 Å². The Balaban J connectivity index is 1.96. The smallest absolute Gasteiger partial charge is 0.262 e. The molecule has 1 amide bonds. The van der Waals surface area contributed by atoms with E-state index in [0.29, 0.717) is 23.7 Å². The van der Waals surface area contributed by atoms with Gasteiger partial charge in [-0.2, -0.15) is 0 Å². The fourth-order valence-electron chi connectivity index (χ4n) is 2.74. The van der Waals surface area contributed by atoms with E-state index < -0.39 is 9.84 Å². The molecular formula is C13H17N3O4S. The van der Waals surface area contributed by atoms with Gasteiger partial charge in [0, 0.05) is 18.7 Å². The van der Waals surface area contributed by atoms with Crippen molar-refractivity contribution in [3.63, 3.8) is 0 Å². The van der Waals surface area contributed by atoms with Gasteiger partial charge in [0.05, 0.1) is 28.6 Å². The number of hydrogen-bond donors (Lipinski definition) is 2. The Labute approximate surface area is 123 Å². The molecule has 0 bridgehead atoms. The van der Waals surface area contributed by atoms with Crippen molar-refractivity contribution < 1.29 is 17.9 Å². The number of nitrogen functional groups attached to an aromatic ring is 1. The molecule has 0 saturated carbocycles. The lowest BCUT2D eigenvalue weighted by atomic mass is 10.1. The van der Waals surface area contributed by atoms with Crippen LogP contribution in [0.2, 0.25) is 0 Å². The van der Waals surface area contributed by atoms with Crippen LogP contribution in [0.15, 0.2) is 12.1 Å². The average molecular weight is 311 g/mol. The molecular weight excluding hydrogens is 294 g/mol. The molecule has 7 nitrogen and oxygen atoms in total. The van der Waals surface area contributed by atoms with Crippen molar-refractivity contribution in [2.24, 2.45) is 0 Å². The lowest BCUT2D eigenvalue weighted by molar-refractivity contribution is -0.118. The number of amides is 1. The number of rotatable bonds is 1. The Morgan fingerprint density at radius 1 is 1.43 bits per heavy atom. The summed E-state index contributed by atoms with van der Waals surface area (Å²) < 4.78 is 28.6. The van der Waals surface area contributed by atoms with E-state index in [1.165, 1.54) is 0 Å². The maximum absolute atomic E-state index is 11.7. The van der Waals surface area contributed by atoms with Gasteiger partial charge in [0.2, 0.25) is 0 Å². The number of sulfone groups is 1. The molecule has 3 N–H and O–H groups in total. The van der Waals surface area contributed by atoms with Gasteiger partial charge in [-0.25, -0.2) is 8.42 Å². The molecule has 2 aliphatic rings. The minimum atomic E-state index is -2.99. The quantitative estimate of drug-likeness (QED) is 0.720. The zero-order chi connectivity index (χ0) is 15.2. The van der Waals surface area contributed by atoms with Crippen LogP contribution in [0.1, 0.15) is 6.92 Å². The van der Waals surface area contributed by atoms with Gasteiger partial charge in [0.25, 0.3) is 5.91 Å². The summed E-state index contributed by atoms with van der Waals surface area (Å²) in [6.07, 6.45) is 0. The van der Waals surface area contributed by atoms with E-state index in [1.54, 1.807) is 12.1 Å². The summed E-state index contributed by atoms with van der Waals surface area (Å²) in [4.78, 5) is 13.3. The number of carbonyl (C=O) groups is 1. The number of fused-ring (bicyclic) bond motifs is 1. The topological polar surface area (TPSA) is 102 Å². The minimum absolute atomic E-state index is 0.0237. The highest BCUT2D eigenvalue weighted by Gasteiger charge is 2.30. The third-order valence-electron chi connectivity index (χ3n) is 3.74. The average Bonchev–Trinajstić information content (AvgIpc) is 2.38. The Bertz CT molecular complexity index is 702. The van der Waals surface area contributed by atoms with Gasteiger partial charge in [0.1, 0.15) is 5.75 Å². The van der Waals surface area contributed by atoms with Crippen molar-refractivity contribution in [3.8, 4) is 5.75 Å². The molecule has 0 spiro atoms. The number of carbonyl (C=O) groups excluding carboxylic acids is 1. The van der Waals surface area contributed by atoms with E-state index in [0.717, 1.165) is 5.69 Å². The molecule has 3 rings (SSSR count). The molecule has 1 fully saturated rings. The number of nitrogens with one attached hydrogen (secondary N) is 1. The summed E-state index contributed by atoms with van der Waals surface area (Å²) >= 11 is 0. The van der Waals surface area contributed by atoms with Crippen molar-refractivity contribution >= 4 is 32.8 Å². The van der Waals surface area contributed by atoms with Crippen molar-refractivity contribution in [2.75, 3.05) is 40.6 Å². The SMILES string of the molecule is CC1CS(=O)(=O)CCN1c1cc2c(cc1N)OCC(=O)N2. The second-order valence-electron chi connectivity index (χ2n) is 5.40. The van der Waals surface area contributed by atoms with Crippen LogP contribution in [0.5, 0.6) is 5.75 Å². The molecule has 0 radical (unpaired) electrons. The molecule has 1 aromatic carbocycles. The predicted molar refractivity (Wildman–Crippen MR) is 80.4 cm³/mol. The highest BCUT2D eigenvalue weighted by molar-refractivity contribution is 7.91. The molecule has 8 heteroatoms. The van der Waals surface area contributed by atoms with E-state index in [-0.39, 0.29) is 30.1 Å². The van der Waals surface area contributed by atoms with E-state index >= 15 is 0 Å². The molecule has 1 saturated heterocycles. The summed E-state index contributed by atoms with van der Waals surface area (Å²) in [6.45, 7) is 2.22. The molecule has 2 aliphatic heterocycles. The van der Waals surface area contributed by atoms with Crippen LogP contribution < -0.4 is 20.7 Å². The summed E-state index contributed by atoms with van der Waals surface area (Å²) in [5, 5.41) is 2.73. The Morgan fingerprint density at radius 3 is 2.90 bits per heavy atom. The maximum atomic E-state index is 11.7. The predicted octanol–water partition coefficient (Wildman–Crippen LogP) is 0.223. The normalized spacial score (nSPS) is 24.0. The summed E-state index contributed by atoms with van der Waals surface area (Å²) in [6, 6.07) is 3.25. The molecule has 2 heterocycles. The molecule has 1 atom stereocenters. The summed E-state index contributed by atoms with van der Waals surface area (Å²) in [7, 11) is -2.99. The maximum Gasteiger partial charge on any atom is 0.262 e. The summed E-state index contributed by atoms with van der Waals surface area (Å²) in [5.74, 6) is 0.531. The Hall–Kier alpha value is -1.96. The van der Waals surface area contributed by atoms with Crippen LogP contribution in [0.4, 0.5) is 17.1 Å². The molecule has 1 unspecified atom stereocenters. The van der Waals surface area contributed by atoms with E-state index in [2.05, 4.69) is 5.32 Å². The second-order valence-corrected chi connectivity index (χ2v) is 7.63. The van der Waals surface area contributed by atoms with Gasteiger partial charge in [-0.05, 0) is 13.0 Å². The van der Waals surface area contributed by atoms with Gasteiger partial charge in [-0.3, -0.25) is 4.79 Å². The largest absolute Gasteiger partial charge is 0.482 e. The first kappa shape index (κ1) is 14.0.